The van der Waals surface area contributed by atoms with Crippen LogP contribution in [0.3, 0.4) is 0 Å². The minimum Gasteiger partial charge on any atom is -0.477 e. The largest absolute Gasteiger partial charge is 0.477 e. The molecule has 2 N–H and O–H groups in total. The van der Waals surface area contributed by atoms with Gasteiger partial charge in [0.2, 0.25) is 0 Å². The van der Waals surface area contributed by atoms with E-state index in [1.54, 1.807) is 18.2 Å². The number of pyridine rings is 1. The third-order valence-electron chi connectivity index (χ3n) is 2.78. The molecule has 0 saturated carbocycles. The second-order valence-corrected chi connectivity index (χ2v) is 4.41. The summed E-state index contributed by atoms with van der Waals surface area (Å²) in [4.78, 5) is 26.4. The van der Waals surface area contributed by atoms with Gasteiger partial charge < -0.3 is 10.4 Å². The Balaban J connectivity index is 1.98. The van der Waals surface area contributed by atoms with E-state index in [-0.39, 0.29) is 11.6 Å². The Kier molecular flexibility index (Phi) is 4.10. The summed E-state index contributed by atoms with van der Waals surface area (Å²) in [6.45, 7) is 2.23. The van der Waals surface area contributed by atoms with Gasteiger partial charge in [-0.3, -0.25) is 4.79 Å². The number of aromatic nitrogens is 1. The zero-order valence-electron chi connectivity index (χ0n) is 11.0. The fraction of sp³-hybridized carbons (Fsp3) is 0.133. The summed E-state index contributed by atoms with van der Waals surface area (Å²) in [5, 5.41) is 11.5. The molecule has 1 aromatic heterocycles. The van der Waals surface area contributed by atoms with E-state index in [2.05, 4.69) is 10.3 Å². The molecule has 0 atom stereocenters. The quantitative estimate of drug-likeness (QED) is 0.890. The predicted molar refractivity (Wildman–Crippen MR) is 73.5 cm³/mol. The minimum absolute atomic E-state index is 0.0150. The number of hydrogen-bond acceptors (Lipinski definition) is 3. The van der Waals surface area contributed by atoms with Gasteiger partial charge in [0, 0.05) is 18.3 Å². The Bertz CT molecular complexity index is 636. The zero-order chi connectivity index (χ0) is 14.5. The van der Waals surface area contributed by atoms with Crippen molar-refractivity contribution in [3.63, 3.8) is 0 Å². The zero-order valence-corrected chi connectivity index (χ0v) is 11.0. The Labute approximate surface area is 116 Å². The summed E-state index contributed by atoms with van der Waals surface area (Å²) >= 11 is 0. The molecular weight excluding hydrogens is 256 g/mol. The van der Waals surface area contributed by atoms with Crippen LogP contribution in [-0.2, 0) is 6.54 Å². The highest BCUT2D eigenvalue weighted by molar-refractivity contribution is 5.94. The fourth-order valence-corrected chi connectivity index (χ4v) is 1.73. The molecule has 0 aliphatic carbocycles. The van der Waals surface area contributed by atoms with Crippen molar-refractivity contribution in [2.24, 2.45) is 0 Å². The van der Waals surface area contributed by atoms with E-state index in [1.807, 2.05) is 19.1 Å². The smallest absolute Gasteiger partial charge is 0.354 e. The SMILES string of the molecule is Cc1cccc(C(=O)NCc2ccc(C(=O)O)nc2)c1. The Hall–Kier alpha value is -2.69. The highest BCUT2D eigenvalue weighted by Gasteiger charge is 2.06. The number of hydrogen-bond donors (Lipinski definition) is 2. The molecule has 1 aromatic carbocycles. The molecule has 2 rings (SSSR count). The number of carbonyl (C=O) groups excluding carboxylic acids is 1. The Morgan fingerprint density at radius 2 is 2.05 bits per heavy atom. The molecule has 0 radical (unpaired) electrons. The van der Waals surface area contributed by atoms with Gasteiger partial charge in [-0.05, 0) is 30.7 Å². The standard InChI is InChI=1S/C15H14N2O3/c1-10-3-2-4-12(7-10)14(18)17-9-11-5-6-13(15(19)20)16-8-11/h2-8H,9H2,1H3,(H,17,18)(H,19,20). The molecule has 0 aliphatic rings. The average molecular weight is 270 g/mol. The lowest BCUT2D eigenvalue weighted by Gasteiger charge is -2.06. The highest BCUT2D eigenvalue weighted by Crippen LogP contribution is 2.05. The lowest BCUT2D eigenvalue weighted by Crippen LogP contribution is -2.23. The number of aryl methyl sites for hydroxylation is 1. The molecule has 0 fully saturated rings. The second-order valence-electron chi connectivity index (χ2n) is 4.41. The topological polar surface area (TPSA) is 79.3 Å². The summed E-state index contributed by atoms with van der Waals surface area (Å²) in [6.07, 6.45) is 1.44. The Morgan fingerprint density at radius 1 is 1.25 bits per heavy atom. The summed E-state index contributed by atoms with van der Waals surface area (Å²) in [6, 6.07) is 10.3. The number of aromatic carboxylic acids is 1. The fourth-order valence-electron chi connectivity index (χ4n) is 1.73. The van der Waals surface area contributed by atoms with E-state index < -0.39 is 5.97 Å². The van der Waals surface area contributed by atoms with Crippen molar-refractivity contribution in [1.29, 1.82) is 0 Å². The van der Waals surface area contributed by atoms with E-state index in [0.29, 0.717) is 12.1 Å². The molecule has 0 bridgehead atoms. The first-order valence-corrected chi connectivity index (χ1v) is 6.09. The molecule has 20 heavy (non-hydrogen) atoms. The number of nitrogens with zero attached hydrogens (tertiary/aromatic N) is 1. The molecule has 1 heterocycles. The number of carbonyl (C=O) groups is 2. The first-order valence-electron chi connectivity index (χ1n) is 6.09. The molecule has 5 heteroatoms. The van der Waals surface area contributed by atoms with E-state index in [1.165, 1.54) is 12.3 Å². The van der Waals surface area contributed by atoms with Crippen LogP contribution >= 0.6 is 0 Å². The molecule has 0 aliphatic heterocycles. The van der Waals surface area contributed by atoms with E-state index in [9.17, 15) is 9.59 Å². The molecule has 2 aromatic rings. The first-order chi connectivity index (χ1) is 9.56. The van der Waals surface area contributed by atoms with Crippen molar-refractivity contribution in [2.45, 2.75) is 13.5 Å². The molecule has 1 amide bonds. The van der Waals surface area contributed by atoms with Crippen molar-refractivity contribution < 1.29 is 14.7 Å². The molecular formula is C15H14N2O3. The number of amides is 1. The number of rotatable bonds is 4. The van der Waals surface area contributed by atoms with Crippen LogP contribution in [0.15, 0.2) is 42.6 Å². The van der Waals surface area contributed by atoms with Gasteiger partial charge >= 0.3 is 5.97 Å². The maximum Gasteiger partial charge on any atom is 0.354 e. The van der Waals surface area contributed by atoms with Gasteiger partial charge in [0.05, 0.1) is 0 Å². The normalized spacial score (nSPS) is 10.1. The van der Waals surface area contributed by atoms with E-state index in [4.69, 9.17) is 5.11 Å². The number of carboxylic acids is 1. The molecule has 102 valence electrons. The van der Waals surface area contributed by atoms with Crippen molar-refractivity contribution >= 4 is 11.9 Å². The highest BCUT2D eigenvalue weighted by atomic mass is 16.4. The first kappa shape index (κ1) is 13.7. The van der Waals surface area contributed by atoms with Crippen LogP contribution < -0.4 is 5.32 Å². The maximum absolute atomic E-state index is 11.9. The summed E-state index contributed by atoms with van der Waals surface area (Å²) < 4.78 is 0. The molecule has 0 saturated heterocycles. The lowest BCUT2D eigenvalue weighted by atomic mass is 10.1. The third-order valence-corrected chi connectivity index (χ3v) is 2.78. The summed E-state index contributed by atoms with van der Waals surface area (Å²) in [7, 11) is 0. The Morgan fingerprint density at radius 3 is 2.65 bits per heavy atom. The number of carboxylic acid groups (broad SMARTS) is 1. The van der Waals surface area contributed by atoms with Crippen LogP contribution in [0.4, 0.5) is 0 Å². The number of nitrogens with one attached hydrogen (secondary N) is 1. The van der Waals surface area contributed by atoms with Gasteiger partial charge in [-0.25, -0.2) is 9.78 Å². The van der Waals surface area contributed by atoms with Gasteiger partial charge in [0.15, 0.2) is 0 Å². The van der Waals surface area contributed by atoms with Crippen LogP contribution in [0.2, 0.25) is 0 Å². The van der Waals surface area contributed by atoms with Crippen LogP contribution in [0.5, 0.6) is 0 Å². The summed E-state index contributed by atoms with van der Waals surface area (Å²) in [5.41, 5.74) is 2.35. The molecule has 5 nitrogen and oxygen atoms in total. The minimum atomic E-state index is -1.07. The monoisotopic (exact) mass is 270 g/mol. The van der Waals surface area contributed by atoms with Crippen molar-refractivity contribution in [1.82, 2.24) is 10.3 Å². The van der Waals surface area contributed by atoms with Gasteiger partial charge in [0.1, 0.15) is 5.69 Å². The van der Waals surface area contributed by atoms with E-state index in [0.717, 1.165) is 11.1 Å². The van der Waals surface area contributed by atoms with Gasteiger partial charge in [-0.2, -0.15) is 0 Å². The van der Waals surface area contributed by atoms with Crippen molar-refractivity contribution in [3.05, 3.63) is 65.0 Å². The summed E-state index contributed by atoms with van der Waals surface area (Å²) in [5.74, 6) is -1.24. The second kappa shape index (κ2) is 5.97. The van der Waals surface area contributed by atoms with Crippen LogP contribution in [-0.4, -0.2) is 22.0 Å². The van der Waals surface area contributed by atoms with Gasteiger partial charge in [-0.15, -0.1) is 0 Å². The van der Waals surface area contributed by atoms with Crippen LogP contribution in [0, 0.1) is 6.92 Å². The predicted octanol–water partition coefficient (Wildman–Crippen LogP) is 2.02. The van der Waals surface area contributed by atoms with Crippen molar-refractivity contribution in [2.75, 3.05) is 0 Å². The van der Waals surface area contributed by atoms with Crippen molar-refractivity contribution in [3.8, 4) is 0 Å². The van der Waals surface area contributed by atoms with Gasteiger partial charge in [-0.1, -0.05) is 23.8 Å². The lowest BCUT2D eigenvalue weighted by molar-refractivity contribution is 0.0690. The van der Waals surface area contributed by atoms with E-state index >= 15 is 0 Å². The molecule has 0 spiro atoms. The average Bonchev–Trinajstić information content (AvgIpc) is 2.45. The van der Waals surface area contributed by atoms with Gasteiger partial charge in [0.25, 0.3) is 5.91 Å². The van der Waals surface area contributed by atoms with Crippen LogP contribution in [0.1, 0.15) is 32.0 Å². The van der Waals surface area contributed by atoms with Crippen LogP contribution in [0.25, 0.3) is 0 Å². The third kappa shape index (κ3) is 3.41. The maximum atomic E-state index is 11.9. The number of benzene rings is 1. The molecule has 0 unspecified atom stereocenters.